The lowest BCUT2D eigenvalue weighted by Crippen LogP contribution is -2.30. The minimum absolute atomic E-state index is 0.677. The minimum Gasteiger partial charge on any atom is -0.382 e. The zero-order valence-corrected chi connectivity index (χ0v) is 10.4. The molecule has 1 fully saturated rings. The molecule has 1 rings (SSSR count). The van der Waals surface area contributed by atoms with Crippen LogP contribution in [0.2, 0.25) is 0 Å². The quantitative estimate of drug-likeness (QED) is 0.602. The van der Waals surface area contributed by atoms with E-state index < -0.39 is 0 Å². The smallest absolute Gasteiger partial charge is 0.0700 e. The zero-order valence-electron chi connectivity index (χ0n) is 10.4. The Bertz CT molecular complexity index is 149. The zero-order chi connectivity index (χ0) is 11.5. The summed E-state index contributed by atoms with van der Waals surface area (Å²) >= 11 is 0. The highest BCUT2D eigenvalue weighted by atomic mass is 16.5. The van der Waals surface area contributed by atoms with Crippen molar-refractivity contribution in [3.63, 3.8) is 0 Å². The second-order valence-corrected chi connectivity index (χ2v) is 4.23. The topological polar surface area (TPSA) is 39.7 Å². The first-order valence-electron chi connectivity index (χ1n) is 6.28. The van der Waals surface area contributed by atoms with Crippen molar-refractivity contribution in [1.82, 2.24) is 5.32 Å². The first kappa shape index (κ1) is 13.9. The van der Waals surface area contributed by atoms with Gasteiger partial charge in [-0.15, -0.1) is 0 Å². The third-order valence-corrected chi connectivity index (χ3v) is 2.82. The van der Waals surface area contributed by atoms with Crippen LogP contribution in [0.5, 0.6) is 0 Å². The fourth-order valence-corrected chi connectivity index (χ4v) is 1.81. The molecule has 0 atom stereocenters. The fraction of sp³-hybridized carbons (Fsp3) is 1.00. The first-order valence-corrected chi connectivity index (χ1v) is 6.28. The van der Waals surface area contributed by atoms with Gasteiger partial charge in [0.05, 0.1) is 13.2 Å². The molecule has 0 aromatic carbocycles. The van der Waals surface area contributed by atoms with Crippen LogP contribution >= 0.6 is 0 Å². The second kappa shape index (κ2) is 10.0. The molecule has 16 heavy (non-hydrogen) atoms. The molecular formula is C12H25NO3. The summed E-state index contributed by atoms with van der Waals surface area (Å²) < 4.78 is 15.9. The van der Waals surface area contributed by atoms with Crippen LogP contribution < -0.4 is 5.32 Å². The van der Waals surface area contributed by atoms with Crippen molar-refractivity contribution in [3.8, 4) is 0 Å². The molecule has 96 valence electrons. The maximum atomic E-state index is 5.64. The lowest BCUT2D eigenvalue weighted by atomic mass is 9.99. The van der Waals surface area contributed by atoms with Crippen LogP contribution in [-0.4, -0.2) is 53.2 Å². The summed E-state index contributed by atoms with van der Waals surface area (Å²) in [6.07, 6.45) is 3.49. The predicted molar refractivity (Wildman–Crippen MR) is 63.7 cm³/mol. The molecule has 1 aliphatic heterocycles. The van der Waals surface area contributed by atoms with Crippen molar-refractivity contribution in [2.45, 2.75) is 19.3 Å². The average molecular weight is 231 g/mol. The molecule has 4 heteroatoms. The lowest BCUT2D eigenvalue weighted by Gasteiger charge is -2.22. The third-order valence-electron chi connectivity index (χ3n) is 2.82. The molecule has 0 bridgehead atoms. The van der Waals surface area contributed by atoms with Gasteiger partial charge in [0, 0.05) is 26.9 Å². The molecule has 1 saturated heterocycles. The van der Waals surface area contributed by atoms with Gasteiger partial charge in [0.15, 0.2) is 0 Å². The van der Waals surface area contributed by atoms with E-state index in [9.17, 15) is 0 Å². The van der Waals surface area contributed by atoms with Crippen LogP contribution in [0.25, 0.3) is 0 Å². The molecule has 4 nitrogen and oxygen atoms in total. The van der Waals surface area contributed by atoms with Gasteiger partial charge in [-0.1, -0.05) is 0 Å². The van der Waals surface area contributed by atoms with Crippen molar-refractivity contribution in [2.24, 2.45) is 5.92 Å². The van der Waals surface area contributed by atoms with Gasteiger partial charge < -0.3 is 19.5 Å². The van der Waals surface area contributed by atoms with Crippen molar-refractivity contribution in [3.05, 3.63) is 0 Å². The largest absolute Gasteiger partial charge is 0.382 e. The van der Waals surface area contributed by atoms with Crippen molar-refractivity contribution >= 4 is 0 Å². The van der Waals surface area contributed by atoms with E-state index in [-0.39, 0.29) is 0 Å². The summed E-state index contributed by atoms with van der Waals surface area (Å²) in [5.74, 6) is 0.760. The third kappa shape index (κ3) is 7.17. The molecule has 0 amide bonds. The second-order valence-electron chi connectivity index (χ2n) is 4.23. The Morgan fingerprint density at radius 1 is 1.00 bits per heavy atom. The summed E-state index contributed by atoms with van der Waals surface area (Å²) in [6.45, 7) is 6.16. The molecule has 0 saturated carbocycles. The van der Waals surface area contributed by atoms with Gasteiger partial charge in [-0.05, 0) is 38.3 Å². The Balaban J connectivity index is 1.77. The van der Waals surface area contributed by atoms with E-state index in [1.54, 1.807) is 7.11 Å². The number of hydrogen-bond acceptors (Lipinski definition) is 4. The highest BCUT2D eigenvalue weighted by Gasteiger charge is 2.12. The number of ether oxygens (including phenoxy) is 3. The maximum absolute atomic E-state index is 5.64. The Kier molecular flexibility index (Phi) is 8.71. The van der Waals surface area contributed by atoms with Crippen LogP contribution in [0.1, 0.15) is 19.3 Å². The van der Waals surface area contributed by atoms with Crippen LogP contribution in [-0.2, 0) is 14.2 Å². The molecule has 0 aromatic heterocycles. The van der Waals surface area contributed by atoms with Gasteiger partial charge >= 0.3 is 0 Å². The van der Waals surface area contributed by atoms with Crippen molar-refractivity contribution in [1.29, 1.82) is 0 Å². The highest BCUT2D eigenvalue weighted by molar-refractivity contribution is 4.67. The normalized spacial score (nSPS) is 17.8. The molecular weight excluding hydrogens is 206 g/mol. The number of methoxy groups -OCH3 is 1. The van der Waals surface area contributed by atoms with Gasteiger partial charge in [0.25, 0.3) is 0 Å². The number of piperidine rings is 1. The van der Waals surface area contributed by atoms with Gasteiger partial charge in [-0.25, -0.2) is 0 Å². The van der Waals surface area contributed by atoms with E-state index >= 15 is 0 Å². The van der Waals surface area contributed by atoms with Crippen molar-refractivity contribution in [2.75, 3.05) is 53.2 Å². The highest BCUT2D eigenvalue weighted by Crippen LogP contribution is 2.11. The van der Waals surface area contributed by atoms with E-state index in [1.807, 2.05) is 0 Å². The number of hydrogen-bond donors (Lipinski definition) is 1. The van der Waals surface area contributed by atoms with Gasteiger partial charge in [-0.2, -0.15) is 0 Å². The Hall–Kier alpha value is -0.160. The Morgan fingerprint density at radius 2 is 1.75 bits per heavy atom. The molecule has 0 spiro atoms. The monoisotopic (exact) mass is 231 g/mol. The summed E-state index contributed by atoms with van der Waals surface area (Å²) in [4.78, 5) is 0. The molecule has 1 N–H and O–H groups in total. The molecule has 1 aliphatic rings. The van der Waals surface area contributed by atoms with Crippen LogP contribution in [0.4, 0.5) is 0 Å². The van der Waals surface area contributed by atoms with E-state index in [4.69, 9.17) is 14.2 Å². The van der Waals surface area contributed by atoms with E-state index in [2.05, 4.69) is 5.32 Å². The lowest BCUT2D eigenvalue weighted by molar-refractivity contribution is 0.0415. The molecule has 0 aromatic rings. The standard InChI is InChI=1S/C12H25NO3/c1-14-9-10-15-7-2-8-16-11-12-3-5-13-6-4-12/h12-13H,2-11H2,1H3. The number of nitrogens with one attached hydrogen (secondary N) is 1. The summed E-state index contributed by atoms with van der Waals surface area (Å²) in [6, 6.07) is 0. The van der Waals surface area contributed by atoms with E-state index in [1.165, 1.54) is 12.8 Å². The first-order chi connectivity index (χ1) is 7.93. The van der Waals surface area contributed by atoms with Crippen LogP contribution in [0.15, 0.2) is 0 Å². The van der Waals surface area contributed by atoms with Crippen molar-refractivity contribution < 1.29 is 14.2 Å². The predicted octanol–water partition coefficient (Wildman–Crippen LogP) is 1.06. The maximum Gasteiger partial charge on any atom is 0.0700 e. The summed E-state index contributed by atoms with van der Waals surface area (Å²) in [5.41, 5.74) is 0. The van der Waals surface area contributed by atoms with E-state index in [0.717, 1.165) is 45.2 Å². The molecule has 1 heterocycles. The average Bonchev–Trinajstić information content (AvgIpc) is 2.34. The van der Waals surface area contributed by atoms with Gasteiger partial charge in [0.1, 0.15) is 0 Å². The van der Waals surface area contributed by atoms with Crippen LogP contribution in [0, 0.1) is 5.92 Å². The molecule has 0 unspecified atom stereocenters. The minimum atomic E-state index is 0.677. The summed E-state index contributed by atoms with van der Waals surface area (Å²) in [5, 5.41) is 3.36. The Labute approximate surface area is 98.6 Å². The van der Waals surface area contributed by atoms with Crippen LogP contribution in [0.3, 0.4) is 0 Å². The van der Waals surface area contributed by atoms with Gasteiger partial charge in [0.2, 0.25) is 0 Å². The SMILES string of the molecule is COCCOCCCOCC1CCNCC1. The fourth-order valence-electron chi connectivity index (χ4n) is 1.81. The van der Waals surface area contributed by atoms with Gasteiger partial charge in [-0.3, -0.25) is 0 Å². The molecule has 0 radical (unpaired) electrons. The number of rotatable bonds is 9. The Morgan fingerprint density at radius 3 is 2.50 bits per heavy atom. The summed E-state index contributed by atoms with van der Waals surface area (Å²) in [7, 11) is 1.69. The molecule has 0 aliphatic carbocycles. The van der Waals surface area contributed by atoms with E-state index in [0.29, 0.717) is 13.2 Å².